The molecule has 0 saturated heterocycles. The van der Waals surface area contributed by atoms with Crippen LogP contribution >= 0.6 is 8.38 Å². The second-order valence-corrected chi connectivity index (χ2v) is 8.29. The van der Waals surface area contributed by atoms with Crippen LogP contribution in [0, 0.1) is 13.8 Å². The highest BCUT2D eigenvalue weighted by Gasteiger charge is 2.30. The normalized spacial score (nSPS) is 11.1. The summed E-state index contributed by atoms with van der Waals surface area (Å²) in [6.07, 6.45) is -4.18. The van der Waals surface area contributed by atoms with Gasteiger partial charge in [-0.05, 0) is 85.0 Å². The average Bonchev–Trinajstić information content (AvgIpc) is 2.78. The van der Waals surface area contributed by atoms with Gasteiger partial charge in [-0.2, -0.15) is 13.2 Å². The Balaban J connectivity index is 0.00000199. The summed E-state index contributed by atoms with van der Waals surface area (Å²) < 4.78 is 49.7. The fourth-order valence-corrected chi connectivity index (χ4v) is 3.53. The number of halogens is 3. The molecule has 0 bridgehead atoms. The second-order valence-electron chi connectivity index (χ2n) is 7.29. The fourth-order valence-electron chi connectivity index (χ4n) is 3.27. The lowest BCUT2D eigenvalue weighted by Gasteiger charge is -2.15. The van der Waals surface area contributed by atoms with E-state index in [2.05, 4.69) is 0 Å². The van der Waals surface area contributed by atoms with Crippen molar-refractivity contribution in [2.45, 2.75) is 40.3 Å². The lowest BCUT2D eigenvalue weighted by atomic mass is 9.95. The number of aryl methyl sites for hydroxylation is 2. The summed E-state index contributed by atoms with van der Waals surface area (Å²) in [5, 5.41) is 10.1. The van der Waals surface area contributed by atoms with Gasteiger partial charge < -0.3 is 24.4 Å². The molecule has 3 aromatic rings. The molecule has 0 aliphatic heterocycles. The zero-order valence-electron chi connectivity index (χ0n) is 19.3. The number of alkyl halides is 3. The Morgan fingerprint density at radius 1 is 0.882 bits per heavy atom. The molecule has 5 nitrogen and oxygen atoms in total. The van der Waals surface area contributed by atoms with Gasteiger partial charge in [-0.1, -0.05) is 26.0 Å². The van der Waals surface area contributed by atoms with Gasteiger partial charge in [0.15, 0.2) is 17.8 Å². The van der Waals surface area contributed by atoms with Crippen molar-refractivity contribution < 1.29 is 37.5 Å². The number of hydrogen-bond donors (Lipinski definition) is 3. The van der Waals surface area contributed by atoms with E-state index in [1.54, 1.807) is 24.3 Å². The van der Waals surface area contributed by atoms with Crippen LogP contribution in [0.4, 0.5) is 13.2 Å². The Kier molecular flexibility index (Phi) is 9.74. The summed E-state index contributed by atoms with van der Waals surface area (Å²) in [6.45, 7) is 7.80. The third-order valence-electron chi connectivity index (χ3n) is 4.81. The van der Waals surface area contributed by atoms with E-state index in [4.69, 9.17) is 19.3 Å². The van der Waals surface area contributed by atoms with Crippen molar-refractivity contribution in [2.24, 2.45) is 0 Å². The van der Waals surface area contributed by atoms with Crippen LogP contribution in [0.25, 0.3) is 0 Å². The average molecular weight is 496 g/mol. The molecule has 0 saturated carbocycles. The van der Waals surface area contributed by atoms with E-state index in [-0.39, 0.29) is 23.6 Å². The second kappa shape index (κ2) is 12.1. The Morgan fingerprint density at radius 2 is 1.53 bits per heavy atom. The van der Waals surface area contributed by atoms with Crippen LogP contribution in [0.5, 0.6) is 23.0 Å². The lowest BCUT2D eigenvalue weighted by Crippen LogP contribution is -2.04. The molecule has 0 fully saturated rings. The molecule has 3 aromatic carbocycles. The predicted octanol–water partition coefficient (Wildman–Crippen LogP) is 7.07. The van der Waals surface area contributed by atoms with Crippen molar-refractivity contribution in [1.29, 1.82) is 0 Å². The van der Waals surface area contributed by atoms with Crippen LogP contribution in [-0.4, -0.2) is 21.2 Å². The smallest absolute Gasteiger partial charge is 0.416 e. The molecular formula is C25H28F3O5P. The maximum absolute atomic E-state index is 12.9. The Labute approximate surface area is 198 Å². The van der Waals surface area contributed by atoms with E-state index < -0.39 is 20.1 Å². The minimum absolute atomic E-state index is 0.0335. The van der Waals surface area contributed by atoms with E-state index in [0.29, 0.717) is 12.2 Å². The van der Waals surface area contributed by atoms with Gasteiger partial charge in [0.05, 0.1) is 5.56 Å². The molecule has 0 amide bonds. The number of aromatic hydroxyl groups is 1. The van der Waals surface area contributed by atoms with Crippen molar-refractivity contribution in [3.05, 3.63) is 82.4 Å². The number of rotatable bonds is 7. The maximum Gasteiger partial charge on any atom is 0.416 e. The van der Waals surface area contributed by atoms with Gasteiger partial charge in [-0.3, -0.25) is 0 Å². The summed E-state index contributed by atoms with van der Waals surface area (Å²) in [5.41, 5.74) is 2.80. The Bertz CT molecular complexity index is 1080. The summed E-state index contributed by atoms with van der Waals surface area (Å²) in [4.78, 5) is 18.0. The Morgan fingerprint density at radius 3 is 2.12 bits per heavy atom. The molecule has 0 spiro atoms. The molecule has 184 valence electrons. The van der Waals surface area contributed by atoms with Gasteiger partial charge in [0.1, 0.15) is 11.5 Å². The summed E-state index contributed by atoms with van der Waals surface area (Å²) in [5.74, 6) is 0.358. The summed E-state index contributed by atoms with van der Waals surface area (Å²) >= 11 is 0. The zero-order valence-corrected chi connectivity index (χ0v) is 20.2. The number of benzene rings is 3. The third-order valence-corrected chi connectivity index (χ3v) is 5.17. The largest absolute Gasteiger partial charge is 0.504 e. The van der Waals surface area contributed by atoms with Crippen LogP contribution in [0.2, 0.25) is 0 Å². The highest BCUT2D eigenvalue weighted by Crippen LogP contribution is 2.36. The van der Waals surface area contributed by atoms with Gasteiger partial charge in [-0.25, -0.2) is 0 Å². The van der Waals surface area contributed by atoms with Crippen LogP contribution in [0.15, 0.2) is 54.6 Å². The SMILES string of the molecule is CC.Cc1cc(OCP(O)O)cc(C)c1Cc1ccc(O)c(Oc2cccc(C(F)(F)F)c2)c1. The van der Waals surface area contributed by atoms with Crippen LogP contribution in [0.3, 0.4) is 0 Å². The molecule has 0 atom stereocenters. The van der Waals surface area contributed by atoms with Crippen molar-refractivity contribution >= 4 is 8.38 Å². The first-order valence-electron chi connectivity index (χ1n) is 10.6. The molecule has 0 aliphatic rings. The quantitative estimate of drug-likeness (QED) is 0.305. The minimum atomic E-state index is -4.50. The molecule has 0 aliphatic carbocycles. The first-order valence-corrected chi connectivity index (χ1v) is 12.0. The van der Waals surface area contributed by atoms with Gasteiger partial charge >= 0.3 is 6.18 Å². The lowest BCUT2D eigenvalue weighted by molar-refractivity contribution is -0.137. The molecule has 0 radical (unpaired) electrons. The number of phenols is 1. The van der Waals surface area contributed by atoms with E-state index in [9.17, 15) is 18.3 Å². The molecule has 34 heavy (non-hydrogen) atoms. The monoisotopic (exact) mass is 496 g/mol. The number of ether oxygens (including phenoxy) is 2. The fraction of sp³-hybridized carbons (Fsp3) is 0.280. The standard InChI is InChI=1S/C23H22F3O5P.C2H6/c1-14-8-19(30-13-32(28)29)9-15(2)20(14)10-16-6-7-21(27)22(11-16)31-18-5-3-4-17(12-18)23(24,25)26;1-2/h3-9,11-12,27-29H,10,13H2,1-2H3;1-2H3. The van der Waals surface area contributed by atoms with Crippen LogP contribution in [-0.2, 0) is 12.6 Å². The first kappa shape index (κ1) is 27.4. The minimum Gasteiger partial charge on any atom is -0.504 e. The highest BCUT2D eigenvalue weighted by molar-refractivity contribution is 7.44. The Hall–Kier alpha value is -2.80. The van der Waals surface area contributed by atoms with Gasteiger partial charge in [0.25, 0.3) is 0 Å². The number of phenolic OH excluding ortho intramolecular Hbond substituents is 1. The predicted molar refractivity (Wildman–Crippen MR) is 127 cm³/mol. The highest BCUT2D eigenvalue weighted by atomic mass is 31.2. The molecule has 0 aromatic heterocycles. The van der Waals surface area contributed by atoms with Crippen LogP contribution in [0.1, 0.15) is 41.7 Å². The summed E-state index contributed by atoms with van der Waals surface area (Å²) in [6, 6.07) is 12.8. The van der Waals surface area contributed by atoms with E-state index in [1.165, 1.54) is 18.2 Å². The van der Waals surface area contributed by atoms with E-state index >= 15 is 0 Å². The summed E-state index contributed by atoms with van der Waals surface area (Å²) in [7, 11) is -2.15. The molecule has 3 N–H and O–H groups in total. The van der Waals surface area contributed by atoms with Crippen molar-refractivity contribution in [2.75, 3.05) is 6.35 Å². The molecule has 0 unspecified atom stereocenters. The molecular weight excluding hydrogens is 468 g/mol. The van der Waals surface area contributed by atoms with Gasteiger partial charge in [0, 0.05) is 0 Å². The van der Waals surface area contributed by atoms with Gasteiger partial charge in [0.2, 0.25) is 8.38 Å². The molecule has 3 rings (SSSR count). The topological polar surface area (TPSA) is 79.2 Å². The maximum atomic E-state index is 12.9. The first-order chi connectivity index (χ1) is 16.0. The van der Waals surface area contributed by atoms with E-state index in [1.807, 2.05) is 27.7 Å². The van der Waals surface area contributed by atoms with E-state index in [0.717, 1.165) is 34.4 Å². The molecule has 9 heteroatoms. The van der Waals surface area contributed by atoms with Crippen molar-refractivity contribution in [1.82, 2.24) is 0 Å². The molecule has 0 heterocycles. The van der Waals surface area contributed by atoms with Crippen molar-refractivity contribution in [3.8, 4) is 23.0 Å². The third kappa shape index (κ3) is 7.62. The zero-order chi connectivity index (χ0) is 25.5. The van der Waals surface area contributed by atoms with Crippen molar-refractivity contribution in [3.63, 3.8) is 0 Å². The van der Waals surface area contributed by atoms with Crippen LogP contribution < -0.4 is 9.47 Å². The number of hydrogen-bond acceptors (Lipinski definition) is 5. The van der Waals surface area contributed by atoms with Gasteiger partial charge in [-0.15, -0.1) is 0 Å².